The van der Waals surface area contributed by atoms with Gasteiger partial charge in [-0.15, -0.1) is 0 Å². The van der Waals surface area contributed by atoms with E-state index in [2.05, 4.69) is 0 Å². The molecule has 1 aromatic carbocycles. The molecule has 0 radical (unpaired) electrons. The molecule has 0 heterocycles. The maximum Gasteiger partial charge on any atom is 0.303 e. The van der Waals surface area contributed by atoms with Crippen LogP contribution in [0, 0.1) is 0 Å². The third kappa shape index (κ3) is 1.91. The van der Waals surface area contributed by atoms with Gasteiger partial charge in [0.2, 0.25) is 5.78 Å². The Balaban J connectivity index is 2.26. The number of hydrogen-bond donors (Lipinski definition) is 0. The average molecular weight is 204 g/mol. The standard InChI is InChI=1S/C12H12O3/c1-8(13)15-11-7-6-9-4-2-3-5-10(9)12(11)14/h2-5,11H,6-7H2,1H3. The lowest BCUT2D eigenvalue weighted by Crippen LogP contribution is -2.31. The van der Waals surface area contributed by atoms with Crippen LogP contribution in [-0.4, -0.2) is 17.9 Å². The number of carbonyl (C=O) groups excluding carboxylic acids is 2. The van der Waals surface area contributed by atoms with Gasteiger partial charge in [-0.25, -0.2) is 0 Å². The molecule has 15 heavy (non-hydrogen) atoms. The molecule has 3 nitrogen and oxygen atoms in total. The van der Waals surface area contributed by atoms with Gasteiger partial charge in [0.15, 0.2) is 6.10 Å². The second-order valence-electron chi connectivity index (χ2n) is 3.66. The predicted octanol–water partition coefficient (Wildman–Crippen LogP) is 1.75. The first kappa shape index (κ1) is 9.90. The van der Waals surface area contributed by atoms with Crippen LogP contribution >= 0.6 is 0 Å². The molecule has 0 aromatic heterocycles. The molecule has 78 valence electrons. The van der Waals surface area contributed by atoms with Crippen LogP contribution in [0.2, 0.25) is 0 Å². The second-order valence-corrected chi connectivity index (χ2v) is 3.66. The summed E-state index contributed by atoms with van der Waals surface area (Å²) in [6.07, 6.45) is 0.798. The molecule has 0 aliphatic heterocycles. The van der Waals surface area contributed by atoms with Crippen molar-refractivity contribution in [2.45, 2.75) is 25.9 Å². The lowest BCUT2D eigenvalue weighted by molar-refractivity contribution is -0.144. The molecule has 0 N–H and O–H groups in total. The Morgan fingerprint density at radius 1 is 1.40 bits per heavy atom. The molecule has 0 saturated heterocycles. The van der Waals surface area contributed by atoms with Crippen molar-refractivity contribution < 1.29 is 14.3 Å². The van der Waals surface area contributed by atoms with Gasteiger partial charge in [0, 0.05) is 12.5 Å². The van der Waals surface area contributed by atoms with Crippen LogP contribution in [0.5, 0.6) is 0 Å². The van der Waals surface area contributed by atoms with Crippen LogP contribution in [0.3, 0.4) is 0 Å². The zero-order chi connectivity index (χ0) is 10.8. The molecule has 1 aromatic rings. The van der Waals surface area contributed by atoms with Crippen LogP contribution in [0.15, 0.2) is 24.3 Å². The van der Waals surface area contributed by atoms with E-state index in [1.165, 1.54) is 6.92 Å². The molecule has 2 rings (SSSR count). The number of fused-ring (bicyclic) bond motifs is 1. The molecule has 0 bridgehead atoms. The molecule has 0 spiro atoms. The van der Waals surface area contributed by atoms with Crippen molar-refractivity contribution in [3.8, 4) is 0 Å². The van der Waals surface area contributed by atoms with Crippen molar-refractivity contribution in [3.05, 3.63) is 35.4 Å². The molecule has 3 heteroatoms. The van der Waals surface area contributed by atoms with E-state index in [1.54, 1.807) is 6.07 Å². The number of ketones is 1. The number of Topliss-reactive ketones (excluding diaryl/α,β-unsaturated/α-hetero) is 1. The van der Waals surface area contributed by atoms with Gasteiger partial charge < -0.3 is 4.74 Å². The van der Waals surface area contributed by atoms with Crippen LogP contribution in [-0.2, 0) is 16.0 Å². The Morgan fingerprint density at radius 3 is 2.87 bits per heavy atom. The maximum atomic E-state index is 11.9. The minimum Gasteiger partial charge on any atom is -0.454 e. The van der Waals surface area contributed by atoms with Gasteiger partial charge >= 0.3 is 5.97 Å². The smallest absolute Gasteiger partial charge is 0.303 e. The number of aryl methyl sites for hydroxylation is 1. The zero-order valence-corrected chi connectivity index (χ0v) is 8.53. The van der Waals surface area contributed by atoms with Crippen molar-refractivity contribution >= 4 is 11.8 Å². The molecular weight excluding hydrogens is 192 g/mol. The highest BCUT2D eigenvalue weighted by atomic mass is 16.5. The summed E-state index contributed by atoms with van der Waals surface area (Å²) in [6, 6.07) is 7.47. The molecule has 0 amide bonds. The highest BCUT2D eigenvalue weighted by Gasteiger charge is 2.28. The SMILES string of the molecule is CC(=O)OC1CCc2ccccc2C1=O. The third-order valence-electron chi connectivity index (χ3n) is 2.56. The first-order chi connectivity index (χ1) is 7.18. The molecule has 1 atom stereocenters. The van der Waals surface area contributed by atoms with E-state index in [0.717, 1.165) is 12.0 Å². The van der Waals surface area contributed by atoms with Crippen molar-refractivity contribution in [2.24, 2.45) is 0 Å². The Labute approximate surface area is 88.1 Å². The number of ether oxygens (including phenoxy) is 1. The molecule has 1 aliphatic carbocycles. The lowest BCUT2D eigenvalue weighted by atomic mass is 9.89. The Morgan fingerprint density at radius 2 is 2.13 bits per heavy atom. The Kier molecular flexibility index (Phi) is 2.54. The number of carbonyl (C=O) groups is 2. The van der Waals surface area contributed by atoms with Crippen molar-refractivity contribution in [1.29, 1.82) is 0 Å². The van der Waals surface area contributed by atoms with Crippen molar-refractivity contribution in [3.63, 3.8) is 0 Å². The summed E-state index contributed by atoms with van der Waals surface area (Å²) in [4.78, 5) is 22.7. The number of rotatable bonds is 1. The lowest BCUT2D eigenvalue weighted by Gasteiger charge is -2.22. The van der Waals surface area contributed by atoms with Gasteiger partial charge in [-0.3, -0.25) is 9.59 Å². The topological polar surface area (TPSA) is 43.4 Å². The van der Waals surface area contributed by atoms with Crippen molar-refractivity contribution in [1.82, 2.24) is 0 Å². The number of esters is 1. The number of benzene rings is 1. The van der Waals surface area contributed by atoms with Crippen LogP contribution in [0.1, 0.15) is 29.3 Å². The fourth-order valence-electron chi connectivity index (χ4n) is 1.88. The summed E-state index contributed by atoms with van der Waals surface area (Å²) in [5.74, 6) is -0.472. The average Bonchev–Trinajstić information content (AvgIpc) is 2.22. The highest BCUT2D eigenvalue weighted by Crippen LogP contribution is 2.22. The monoisotopic (exact) mass is 204 g/mol. The predicted molar refractivity (Wildman–Crippen MR) is 54.6 cm³/mol. The highest BCUT2D eigenvalue weighted by molar-refractivity contribution is 6.02. The van der Waals surface area contributed by atoms with E-state index in [0.29, 0.717) is 12.0 Å². The normalized spacial score (nSPS) is 19.5. The van der Waals surface area contributed by atoms with Crippen LogP contribution in [0.4, 0.5) is 0 Å². The molecular formula is C12H12O3. The van der Waals surface area contributed by atoms with Gasteiger partial charge in [-0.2, -0.15) is 0 Å². The molecule has 1 aliphatic rings. The summed E-state index contributed by atoms with van der Waals surface area (Å²) >= 11 is 0. The first-order valence-corrected chi connectivity index (χ1v) is 4.98. The van der Waals surface area contributed by atoms with Crippen molar-refractivity contribution in [2.75, 3.05) is 0 Å². The van der Waals surface area contributed by atoms with E-state index in [9.17, 15) is 9.59 Å². The van der Waals surface area contributed by atoms with E-state index < -0.39 is 12.1 Å². The molecule has 1 unspecified atom stereocenters. The van der Waals surface area contributed by atoms with E-state index >= 15 is 0 Å². The van der Waals surface area contributed by atoms with E-state index in [4.69, 9.17) is 4.74 Å². The summed E-state index contributed by atoms with van der Waals surface area (Å²) < 4.78 is 4.97. The fraction of sp³-hybridized carbons (Fsp3) is 0.333. The summed E-state index contributed by atoms with van der Waals surface area (Å²) in [7, 11) is 0. The van der Waals surface area contributed by atoms with Gasteiger partial charge in [-0.05, 0) is 18.4 Å². The van der Waals surface area contributed by atoms with Gasteiger partial charge in [0.25, 0.3) is 0 Å². The minimum atomic E-state index is -0.586. The van der Waals surface area contributed by atoms with E-state index in [-0.39, 0.29) is 5.78 Å². The summed E-state index contributed by atoms with van der Waals surface area (Å²) in [5.41, 5.74) is 1.74. The van der Waals surface area contributed by atoms with Gasteiger partial charge in [-0.1, -0.05) is 24.3 Å². The van der Waals surface area contributed by atoms with Crippen LogP contribution in [0.25, 0.3) is 0 Å². The summed E-state index contributed by atoms with van der Waals surface area (Å²) in [5, 5.41) is 0. The van der Waals surface area contributed by atoms with Crippen LogP contribution < -0.4 is 0 Å². The Bertz CT molecular complexity index is 409. The fourth-order valence-corrected chi connectivity index (χ4v) is 1.88. The largest absolute Gasteiger partial charge is 0.454 e. The zero-order valence-electron chi connectivity index (χ0n) is 8.53. The molecule has 0 saturated carbocycles. The van der Waals surface area contributed by atoms with Gasteiger partial charge in [0.1, 0.15) is 0 Å². The van der Waals surface area contributed by atoms with E-state index in [1.807, 2.05) is 18.2 Å². The quantitative estimate of drug-likeness (QED) is 0.654. The Hall–Kier alpha value is -1.64. The molecule has 0 fully saturated rings. The summed E-state index contributed by atoms with van der Waals surface area (Å²) in [6.45, 7) is 1.33. The third-order valence-corrected chi connectivity index (χ3v) is 2.56. The number of hydrogen-bond acceptors (Lipinski definition) is 3. The minimum absolute atomic E-state index is 0.0768. The first-order valence-electron chi connectivity index (χ1n) is 4.98. The maximum absolute atomic E-state index is 11.9. The second kappa shape index (κ2) is 3.85. The van der Waals surface area contributed by atoms with Gasteiger partial charge in [0.05, 0.1) is 0 Å².